The summed E-state index contributed by atoms with van der Waals surface area (Å²) in [7, 11) is 0. The van der Waals surface area contributed by atoms with E-state index < -0.39 is 5.41 Å². The zero-order chi connectivity index (χ0) is 20.0. The average molecular weight is 381 g/mol. The second-order valence-corrected chi connectivity index (χ2v) is 7.76. The van der Waals surface area contributed by atoms with Crippen molar-refractivity contribution in [1.29, 1.82) is 5.26 Å². The number of ketones is 1. The number of benzene rings is 1. The zero-order valence-corrected chi connectivity index (χ0v) is 16.0. The van der Waals surface area contributed by atoms with Gasteiger partial charge < -0.3 is 0 Å². The molecule has 0 fully saturated rings. The van der Waals surface area contributed by atoms with Crippen LogP contribution in [0.2, 0.25) is 0 Å². The number of H-pyrrole nitrogens is 1. The van der Waals surface area contributed by atoms with Gasteiger partial charge in [-0.3, -0.25) is 9.89 Å². The van der Waals surface area contributed by atoms with Crippen molar-refractivity contribution in [3.05, 3.63) is 77.5 Å². The first-order chi connectivity index (χ1) is 14.2. The number of fused-ring (bicyclic) bond motifs is 3. The molecule has 3 aromatic rings. The summed E-state index contributed by atoms with van der Waals surface area (Å²) in [6.45, 7) is 1.94. The molecule has 6 nitrogen and oxygen atoms in total. The molecule has 0 radical (unpaired) electrons. The number of hydrogen-bond donors (Lipinski definition) is 1. The molecule has 29 heavy (non-hydrogen) atoms. The molecule has 0 saturated heterocycles. The molecule has 2 aliphatic rings. The lowest BCUT2D eigenvalue weighted by Gasteiger charge is -2.46. The maximum absolute atomic E-state index is 12.8. The number of hydrogen-bond acceptors (Lipinski definition) is 5. The van der Waals surface area contributed by atoms with E-state index in [1.54, 1.807) is 12.4 Å². The number of nitriles is 1. The zero-order valence-electron chi connectivity index (χ0n) is 16.0. The van der Waals surface area contributed by atoms with E-state index in [-0.39, 0.29) is 23.2 Å². The highest BCUT2D eigenvalue weighted by Gasteiger charge is 2.53. The van der Waals surface area contributed by atoms with Crippen molar-refractivity contribution in [3.8, 4) is 17.3 Å². The van der Waals surface area contributed by atoms with Crippen molar-refractivity contribution in [2.45, 2.75) is 25.2 Å². The van der Waals surface area contributed by atoms with Gasteiger partial charge in [0.05, 0.1) is 22.4 Å². The largest absolute Gasteiger partial charge is 0.293 e. The van der Waals surface area contributed by atoms with Gasteiger partial charge in [-0.05, 0) is 30.4 Å². The van der Waals surface area contributed by atoms with Crippen molar-refractivity contribution in [1.82, 2.24) is 20.2 Å². The summed E-state index contributed by atoms with van der Waals surface area (Å²) >= 11 is 0. The highest BCUT2D eigenvalue weighted by Crippen LogP contribution is 2.54. The minimum atomic E-state index is -0.613. The lowest BCUT2D eigenvalue weighted by Crippen LogP contribution is -2.48. The van der Waals surface area contributed by atoms with Gasteiger partial charge in [0.2, 0.25) is 0 Å². The molecule has 1 N–H and O–H groups in total. The molecule has 0 bridgehead atoms. The molecule has 5 rings (SSSR count). The highest BCUT2D eigenvalue weighted by atomic mass is 16.1. The molecule has 3 atom stereocenters. The summed E-state index contributed by atoms with van der Waals surface area (Å²) in [5.74, 6) is -0.270. The fourth-order valence-corrected chi connectivity index (χ4v) is 5.10. The van der Waals surface area contributed by atoms with Crippen LogP contribution in [-0.4, -0.2) is 25.9 Å². The SMILES string of the molecule is CC1C(=O)C(C#N)=C[C@]2(c3ccccc3)c3n[nH]c(-c4cncnc4)c3CCC12. The van der Waals surface area contributed by atoms with Crippen molar-refractivity contribution < 1.29 is 4.79 Å². The van der Waals surface area contributed by atoms with E-state index in [1.165, 1.54) is 6.33 Å². The number of carbonyl (C=O) groups is 1. The van der Waals surface area contributed by atoms with Gasteiger partial charge in [0.1, 0.15) is 12.4 Å². The van der Waals surface area contributed by atoms with Crippen LogP contribution in [-0.2, 0) is 16.6 Å². The fraction of sp³-hybridized carbons (Fsp3) is 0.261. The standard InChI is InChI=1S/C23H19N5O/c1-14-19-8-7-18-20(16-11-25-13-26-12-16)27-28-22(18)23(19,9-15(10-24)21(14)29)17-5-3-2-4-6-17/h2-6,9,11-14,19H,7-8H2,1H3,(H,27,28)/t14?,19?,23-/m1/s1. The number of Topliss-reactive ketones (excluding diaryl/α,β-unsaturated/α-hetero) is 1. The van der Waals surface area contributed by atoms with E-state index in [1.807, 2.05) is 31.2 Å². The number of rotatable bonds is 2. The van der Waals surface area contributed by atoms with Crippen molar-refractivity contribution in [3.63, 3.8) is 0 Å². The van der Waals surface area contributed by atoms with E-state index >= 15 is 0 Å². The maximum atomic E-state index is 12.8. The lowest BCUT2D eigenvalue weighted by atomic mass is 9.54. The second kappa shape index (κ2) is 6.49. The number of nitrogens with one attached hydrogen (secondary N) is 1. The van der Waals surface area contributed by atoms with Crippen LogP contribution >= 0.6 is 0 Å². The highest BCUT2D eigenvalue weighted by molar-refractivity contribution is 6.02. The third-order valence-electron chi connectivity index (χ3n) is 6.42. The molecule has 2 aromatic heterocycles. The van der Waals surface area contributed by atoms with Gasteiger partial charge in [-0.15, -0.1) is 0 Å². The molecule has 142 valence electrons. The fourth-order valence-electron chi connectivity index (χ4n) is 5.10. The second-order valence-electron chi connectivity index (χ2n) is 7.76. The van der Waals surface area contributed by atoms with Crippen molar-refractivity contribution in [2.75, 3.05) is 0 Å². The van der Waals surface area contributed by atoms with Gasteiger partial charge in [-0.1, -0.05) is 37.3 Å². The smallest absolute Gasteiger partial charge is 0.176 e. The number of allylic oxidation sites excluding steroid dienone is 2. The Kier molecular flexibility index (Phi) is 3.92. The predicted octanol–water partition coefficient (Wildman–Crippen LogP) is 3.38. The number of carbonyl (C=O) groups excluding carboxylic acids is 1. The van der Waals surface area contributed by atoms with Crippen LogP contribution in [0.5, 0.6) is 0 Å². The Morgan fingerprint density at radius 2 is 1.97 bits per heavy atom. The van der Waals surface area contributed by atoms with Crippen LogP contribution in [0.15, 0.2) is 60.7 Å². The Morgan fingerprint density at radius 3 is 2.69 bits per heavy atom. The Balaban J connectivity index is 1.82. The molecular weight excluding hydrogens is 362 g/mol. The number of aromatic amines is 1. The first-order valence-electron chi connectivity index (χ1n) is 9.72. The first kappa shape index (κ1) is 17.5. The Morgan fingerprint density at radius 1 is 1.21 bits per heavy atom. The van der Waals surface area contributed by atoms with Gasteiger partial charge in [0, 0.05) is 29.4 Å². The van der Waals surface area contributed by atoms with Gasteiger partial charge in [0.25, 0.3) is 0 Å². The number of nitrogens with zero attached hydrogens (tertiary/aromatic N) is 4. The first-order valence-corrected chi connectivity index (χ1v) is 9.72. The molecule has 0 spiro atoms. The summed E-state index contributed by atoms with van der Waals surface area (Å²) in [6.07, 6.45) is 8.55. The van der Waals surface area contributed by atoms with E-state index in [0.29, 0.717) is 0 Å². The number of aromatic nitrogens is 4. The summed E-state index contributed by atoms with van der Waals surface area (Å²) in [4.78, 5) is 21.1. The lowest BCUT2D eigenvalue weighted by molar-refractivity contribution is -0.121. The minimum Gasteiger partial charge on any atom is -0.293 e. The van der Waals surface area contributed by atoms with Crippen LogP contribution in [0.3, 0.4) is 0 Å². The average Bonchev–Trinajstić information content (AvgIpc) is 3.22. The van der Waals surface area contributed by atoms with Crippen LogP contribution in [0, 0.1) is 23.2 Å². The molecule has 6 heteroatoms. The monoisotopic (exact) mass is 381 g/mol. The van der Waals surface area contributed by atoms with Gasteiger partial charge >= 0.3 is 0 Å². The van der Waals surface area contributed by atoms with Crippen LogP contribution in [0.4, 0.5) is 0 Å². The van der Waals surface area contributed by atoms with Crippen molar-refractivity contribution in [2.24, 2.45) is 11.8 Å². The maximum Gasteiger partial charge on any atom is 0.176 e. The van der Waals surface area contributed by atoms with Crippen LogP contribution < -0.4 is 0 Å². The van der Waals surface area contributed by atoms with E-state index in [4.69, 9.17) is 5.10 Å². The normalized spacial score (nSPS) is 25.5. The van der Waals surface area contributed by atoms with Gasteiger partial charge in [-0.25, -0.2) is 9.97 Å². The third-order valence-corrected chi connectivity index (χ3v) is 6.42. The Hall–Kier alpha value is -3.59. The minimum absolute atomic E-state index is 0.0465. The molecule has 0 aliphatic heterocycles. The Bertz CT molecular complexity index is 1160. The van der Waals surface area contributed by atoms with E-state index in [0.717, 1.165) is 40.9 Å². The van der Waals surface area contributed by atoms with Gasteiger partial charge in [0.15, 0.2) is 5.78 Å². The summed E-state index contributed by atoms with van der Waals surface area (Å²) in [5, 5.41) is 17.6. The Labute approximate surface area is 168 Å². The topological polar surface area (TPSA) is 95.3 Å². The summed E-state index contributed by atoms with van der Waals surface area (Å²) < 4.78 is 0. The molecule has 2 unspecified atom stereocenters. The van der Waals surface area contributed by atoms with Crippen LogP contribution in [0.1, 0.15) is 30.2 Å². The van der Waals surface area contributed by atoms with Gasteiger partial charge in [-0.2, -0.15) is 10.4 Å². The van der Waals surface area contributed by atoms with E-state index in [2.05, 4.69) is 33.3 Å². The van der Waals surface area contributed by atoms with E-state index in [9.17, 15) is 10.1 Å². The summed E-state index contributed by atoms with van der Waals surface area (Å²) in [6, 6.07) is 12.2. The third kappa shape index (κ3) is 2.40. The molecule has 2 aliphatic carbocycles. The molecule has 1 aromatic carbocycles. The quantitative estimate of drug-likeness (QED) is 0.734. The predicted molar refractivity (Wildman–Crippen MR) is 107 cm³/mol. The molecule has 0 amide bonds. The van der Waals surface area contributed by atoms with Crippen molar-refractivity contribution >= 4 is 5.78 Å². The molecular formula is C23H19N5O. The molecule has 2 heterocycles. The summed E-state index contributed by atoms with van der Waals surface area (Å²) in [5.41, 5.74) is 4.45. The molecule has 0 saturated carbocycles. The van der Waals surface area contributed by atoms with Crippen LogP contribution in [0.25, 0.3) is 11.3 Å².